The molecule has 0 bridgehead atoms. The predicted octanol–water partition coefficient (Wildman–Crippen LogP) is 2.84. The first kappa shape index (κ1) is 17.0. The Morgan fingerprint density at radius 3 is 2.14 bits per heavy atom. The number of nitrogens with one attached hydrogen (secondary N) is 1. The fourth-order valence-corrected chi connectivity index (χ4v) is 3.23. The monoisotopic (exact) mass is 310 g/mol. The summed E-state index contributed by atoms with van der Waals surface area (Å²) in [6.07, 6.45) is 0. The molecular weight excluding hydrogens is 283 g/mol. The molecule has 0 saturated carbocycles. The topological polar surface area (TPSA) is 33.7 Å². The molecule has 1 aromatic carbocycles. The van der Waals surface area contributed by atoms with Crippen LogP contribution in [0.3, 0.4) is 0 Å². The van der Waals surface area contributed by atoms with Crippen LogP contribution >= 0.6 is 0 Å². The Hall–Kier alpha value is -1.33. The van der Waals surface area contributed by atoms with E-state index in [9.17, 15) is 4.39 Å². The van der Waals surface area contributed by atoms with E-state index >= 15 is 0 Å². The van der Waals surface area contributed by atoms with Crippen LogP contribution in [0, 0.1) is 11.2 Å². The van der Waals surface area contributed by atoms with Crippen molar-refractivity contribution in [2.45, 2.75) is 26.8 Å². The second-order valence-corrected chi connectivity index (χ2v) is 6.78. The molecule has 5 heteroatoms. The van der Waals surface area contributed by atoms with Crippen molar-refractivity contribution in [3.05, 3.63) is 23.5 Å². The molecule has 1 aromatic rings. The van der Waals surface area contributed by atoms with E-state index in [4.69, 9.17) is 9.47 Å². The maximum absolute atomic E-state index is 14.7. The summed E-state index contributed by atoms with van der Waals surface area (Å²) in [5.41, 5.74) is 0.588. The number of methoxy groups -OCH3 is 2. The Morgan fingerprint density at radius 2 is 1.64 bits per heavy atom. The third kappa shape index (κ3) is 3.52. The van der Waals surface area contributed by atoms with Gasteiger partial charge in [0, 0.05) is 43.9 Å². The fourth-order valence-electron chi connectivity index (χ4n) is 3.23. The van der Waals surface area contributed by atoms with E-state index < -0.39 is 0 Å². The maximum atomic E-state index is 14.7. The van der Waals surface area contributed by atoms with Crippen LogP contribution in [0.25, 0.3) is 0 Å². The van der Waals surface area contributed by atoms with Crippen molar-refractivity contribution in [3.8, 4) is 11.5 Å². The zero-order valence-electron chi connectivity index (χ0n) is 14.2. The van der Waals surface area contributed by atoms with Crippen molar-refractivity contribution in [1.82, 2.24) is 10.2 Å². The third-order valence-corrected chi connectivity index (χ3v) is 4.13. The van der Waals surface area contributed by atoms with Crippen LogP contribution in [0.1, 0.15) is 32.4 Å². The van der Waals surface area contributed by atoms with Crippen LogP contribution in [0.5, 0.6) is 11.5 Å². The SMILES string of the molecule is COc1cc(F)c([C@@H](N2CCNCC2)C(C)(C)C)cc1OC. The van der Waals surface area contributed by atoms with Gasteiger partial charge in [0.15, 0.2) is 11.5 Å². The lowest BCUT2D eigenvalue weighted by Crippen LogP contribution is -2.48. The van der Waals surface area contributed by atoms with Crippen LogP contribution in [0.4, 0.5) is 4.39 Å². The molecule has 0 unspecified atom stereocenters. The fraction of sp³-hybridized carbons (Fsp3) is 0.647. The van der Waals surface area contributed by atoms with Gasteiger partial charge in [-0.05, 0) is 11.5 Å². The lowest BCUT2D eigenvalue weighted by Gasteiger charge is -2.42. The van der Waals surface area contributed by atoms with Gasteiger partial charge in [-0.1, -0.05) is 20.8 Å². The average Bonchev–Trinajstić information content (AvgIpc) is 2.48. The third-order valence-electron chi connectivity index (χ3n) is 4.13. The van der Waals surface area contributed by atoms with Gasteiger partial charge in [0.25, 0.3) is 0 Å². The molecule has 2 rings (SSSR count). The summed E-state index contributed by atoms with van der Waals surface area (Å²) in [6.45, 7) is 10.1. The number of rotatable bonds is 4. The van der Waals surface area contributed by atoms with Crippen LogP contribution in [-0.2, 0) is 0 Å². The predicted molar refractivity (Wildman–Crippen MR) is 86.1 cm³/mol. The lowest BCUT2D eigenvalue weighted by molar-refractivity contribution is 0.0831. The minimum atomic E-state index is -0.240. The van der Waals surface area contributed by atoms with Crippen molar-refractivity contribution < 1.29 is 13.9 Å². The normalized spacial score (nSPS) is 18.1. The minimum Gasteiger partial charge on any atom is -0.493 e. The van der Waals surface area contributed by atoms with E-state index in [1.807, 2.05) is 0 Å². The summed E-state index contributed by atoms with van der Waals surface area (Å²) < 4.78 is 25.3. The molecule has 1 aliphatic heterocycles. The van der Waals surface area contributed by atoms with Crippen molar-refractivity contribution >= 4 is 0 Å². The smallest absolute Gasteiger partial charge is 0.163 e. The molecule has 1 fully saturated rings. The van der Waals surface area contributed by atoms with Crippen LogP contribution < -0.4 is 14.8 Å². The number of hydrogen-bond acceptors (Lipinski definition) is 4. The van der Waals surface area contributed by atoms with E-state index in [0.29, 0.717) is 17.1 Å². The van der Waals surface area contributed by atoms with Gasteiger partial charge in [-0.25, -0.2) is 4.39 Å². The summed E-state index contributed by atoms with van der Waals surface area (Å²) in [6, 6.07) is 3.20. The van der Waals surface area contributed by atoms with Gasteiger partial charge in [-0.15, -0.1) is 0 Å². The molecule has 0 amide bonds. The maximum Gasteiger partial charge on any atom is 0.163 e. The molecule has 22 heavy (non-hydrogen) atoms. The van der Waals surface area contributed by atoms with Gasteiger partial charge in [0.2, 0.25) is 0 Å². The highest BCUT2D eigenvalue weighted by atomic mass is 19.1. The molecule has 4 nitrogen and oxygen atoms in total. The van der Waals surface area contributed by atoms with Gasteiger partial charge in [0.1, 0.15) is 5.82 Å². The molecule has 124 valence electrons. The van der Waals surface area contributed by atoms with Gasteiger partial charge in [-0.2, -0.15) is 0 Å². The second kappa shape index (κ2) is 6.84. The molecule has 0 radical (unpaired) electrons. The molecule has 1 atom stereocenters. The molecular formula is C17H27FN2O2. The minimum absolute atomic E-state index is 0.00518. The zero-order valence-corrected chi connectivity index (χ0v) is 14.2. The Balaban J connectivity index is 2.47. The van der Waals surface area contributed by atoms with Gasteiger partial charge in [-0.3, -0.25) is 4.90 Å². The molecule has 1 saturated heterocycles. The molecule has 1 heterocycles. The molecule has 1 N–H and O–H groups in total. The van der Waals surface area contributed by atoms with Gasteiger partial charge in [0.05, 0.1) is 14.2 Å². The summed E-state index contributed by atoms with van der Waals surface area (Å²) in [4.78, 5) is 2.35. The van der Waals surface area contributed by atoms with Crippen molar-refractivity contribution in [2.24, 2.45) is 5.41 Å². The number of hydrogen-bond donors (Lipinski definition) is 1. The molecule has 0 aliphatic carbocycles. The van der Waals surface area contributed by atoms with Crippen LogP contribution in [0.2, 0.25) is 0 Å². The Bertz CT molecular complexity index is 508. The second-order valence-electron chi connectivity index (χ2n) is 6.78. The van der Waals surface area contributed by atoms with E-state index in [-0.39, 0.29) is 17.3 Å². The number of nitrogens with zero attached hydrogens (tertiary/aromatic N) is 1. The van der Waals surface area contributed by atoms with E-state index in [1.165, 1.54) is 13.2 Å². The first-order chi connectivity index (χ1) is 10.4. The molecule has 1 aliphatic rings. The van der Waals surface area contributed by atoms with E-state index in [0.717, 1.165) is 26.2 Å². The van der Waals surface area contributed by atoms with Crippen LogP contribution in [-0.4, -0.2) is 45.3 Å². The molecule has 0 aromatic heterocycles. The van der Waals surface area contributed by atoms with E-state index in [2.05, 4.69) is 31.0 Å². The highest BCUT2D eigenvalue weighted by molar-refractivity contribution is 5.45. The van der Waals surface area contributed by atoms with Gasteiger partial charge < -0.3 is 14.8 Å². The molecule has 0 spiro atoms. The number of ether oxygens (including phenoxy) is 2. The largest absolute Gasteiger partial charge is 0.493 e. The number of halogens is 1. The van der Waals surface area contributed by atoms with E-state index in [1.54, 1.807) is 13.2 Å². The highest BCUT2D eigenvalue weighted by Crippen LogP contribution is 2.42. The number of benzene rings is 1. The summed E-state index contributed by atoms with van der Waals surface area (Å²) in [5.74, 6) is 0.760. The van der Waals surface area contributed by atoms with Gasteiger partial charge >= 0.3 is 0 Å². The van der Waals surface area contributed by atoms with Crippen molar-refractivity contribution in [3.63, 3.8) is 0 Å². The quantitative estimate of drug-likeness (QED) is 0.927. The lowest BCUT2D eigenvalue weighted by atomic mass is 9.80. The Morgan fingerprint density at radius 1 is 1.09 bits per heavy atom. The first-order valence-corrected chi connectivity index (χ1v) is 7.74. The van der Waals surface area contributed by atoms with Crippen molar-refractivity contribution in [2.75, 3.05) is 40.4 Å². The van der Waals surface area contributed by atoms with Crippen molar-refractivity contribution in [1.29, 1.82) is 0 Å². The summed E-state index contributed by atoms with van der Waals surface area (Å²) in [5, 5.41) is 3.35. The average molecular weight is 310 g/mol. The zero-order chi connectivity index (χ0) is 16.3. The Kier molecular flexibility index (Phi) is 5.29. The number of piperazine rings is 1. The summed E-state index contributed by atoms with van der Waals surface area (Å²) >= 11 is 0. The standard InChI is InChI=1S/C17H27FN2O2/c1-17(2,3)16(20-8-6-19-7-9-20)12-10-14(21-4)15(22-5)11-13(12)18/h10-11,16,19H,6-9H2,1-5H3/t16-/m1/s1. The van der Waals surface area contributed by atoms with Crippen LogP contribution in [0.15, 0.2) is 12.1 Å². The Labute approximate surface area is 132 Å². The first-order valence-electron chi connectivity index (χ1n) is 7.74. The summed E-state index contributed by atoms with van der Waals surface area (Å²) in [7, 11) is 3.10. The highest BCUT2D eigenvalue weighted by Gasteiger charge is 2.35.